The number of nitrogens with zero attached hydrogens (tertiary/aromatic N) is 6. The summed E-state index contributed by atoms with van der Waals surface area (Å²) in [5, 5.41) is 0.634. The van der Waals surface area contributed by atoms with Gasteiger partial charge in [-0.1, -0.05) is 348 Å². The van der Waals surface area contributed by atoms with Crippen molar-refractivity contribution in [3.05, 3.63) is 377 Å². The number of hydrogen-bond donors (Lipinski definition) is 0. The van der Waals surface area contributed by atoms with Crippen LogP contribution in [0.25, 0.3) is 0 Å². The Morgan fingerprint density at radius 1 is 0.202 bits per heavy atom. The topological polar surface area (TPSA) is 19.4 Å². The van der Waals surface area contributed by atoms with E-state index in [0.29, 0.717) is 5.02 Å². The van der Waals surface area contributed by atoms with Crippen LogP contribution in [-0.4, -0.2) is 6.71 Å². The van der Waals surface area contributed by atoms with E-state index in [2.05, 4.69) is 523 Å². The molecule has 630 valence electrons. The molecule has 16 rings (SSSR count). The van der Waals surface area contributed by atoms with E-state index in [1.165, 1.54) is 83.6 Å². The first-order valence-corrected chi connectivity index (χ1v) is 44.8. The summed E-state index contributed by atoms with van der Waals surface area (Å²) in [6.45, 7) is 54.9. The molecule has 0 spiro atoms. The molecular weight excluding hydrogens is 1520 g/mol. The lowest BCUT2D eigenvalue weighted by Crippen LogP contribution is -2.61. The third-order valence-corrected chi connectivity index (χ3v) is 25.2. The van der Waals surface area contributed by atoms with Gasteiger partial charge in [0.25, 0.3) is 6.71 Å². The summed E-state index contributed by atoms with van der Waals surface area (Å²) in [4.78, 5) is 14.5. The third-order valence-electron chi connectivity index (χ3n) is 24.8. The van der Waals surface area contributed by atoms with Crippen molar-refractivity contribution in [2.75, 3.05) is 29.4 Å². The quantitative estimate of drug-likeness (QED) is 0.100. The van der Waals surface area contributed by atoms with Crippen molar-refractivity contribution >= 4 is 137 Å². The van der Waals surface area contributed by atoms with Gasteiger partial charge in [-0.3, -0.25) is 0 Å². The van der Waals surface area contributed by atoms with Crippen LogP contribution < -0.4 is 45.8 Å². The molecule has 2 aliphatic rings. The van der Waals surface area contributed by atoms with E-state index >= 15 is 0 Å². The number of hydrogen-bond acceptors (Lipinski definition) is 6. The highest BCUT2D eigenvalue weighted by molar-refractivity contribution is 7.00. The monoisotopic (exact) mass is 1650 g/mol. The molecule has 6 nitrogen and oxygen atoms in total. The van der Waals surface area contributed by atoms with Crippen molar-refractivity contribution in [3.63, 3.8) is 0 Å². The van der Waals surface area contributed by atoms with Crippen LogP contribution in [0, 0.1) is 0 Å². The lowest BCUT2D eigenvalue weighted by molar-refractivity contribution is 0.590. The van der Waals surface area contributed by atoms with Crippen LogP contribution in [-0.2, 0) is 43.3 Å². The van der Waals surface area contributed by atoms with Gasteiger partial charge in [0.05, 0.1) is 27.8 Å². The van der Waals surface area contributed by atoms with Gasteiger partial charge in [0.1, 0.15) is 0 Å². The van der Waals surface area contributed by atoms with E-state index < -0.39 is 0 Å². The fourth-order valence-electron chi connectivity index (χ4n) is 17.4. The minimum atomic E-state index is -0.0291. The van der Waals surface area contributed by atoms with Gasteiger partial charge in [-0.25, -0.2) is 0 Å². The summed E-state index contributed by atoms with van der Waals surface area (Å²) in [7, 11) is 0. The zero-order chi connectivity index (χ0) is 88.5. The summed E-state index contributed by atoms with van der Waals surface area (Å²) >= 11 is 8.08. The molecule has 0 radical (unpaired) electrons. The van der Waals surface area contributed by atoms with E-state index in [1.807, 2.05) is 0 Å². The van der Waals surface area contributed by atoms with Crippen LogP contribution >= 0.6 is 11.6 Å². The first-order valence-electron chi connectivity index (χ1n) is 44.4. The standard InChI is InChI=1S/C58H62BN3.C58H64ClN3/c1-55(2,3)39-23-29-45(30-24-39)61-50-33-27-41(57(7,8)9)35-48(50)59-49-36-42(58(10,11)12)28-34-51(49)62(46-31-25-40(26-32-46)56(4,5)6)53-38-47(37-52(61)54(53)59)60(43-19-15-13-16-20-43)44-21-17-14-18-22-44;1-55(2,3)41-23-31-47(32-24-41)61(48-33-25-42(26-34-48)56(4,5)6)52-39-51(60(45-19-15-13-16-20-45)46-21-17-14-18-22-46)40-53(54(52)59)62(49-35-27-43(28-36-49)57(7,8)9)50-37-29-44(30-38-50)58(10,11)12/h13-38H,1-12H3;13-40H,1-12H3. The van der Waals surface area contributed by atoms with Gasteiger partial charge in [0, 0.05) is 79.6 Å². The van der Waals surface area contributed by atoms with Gasteiger partial charge in [-0.2, -0.15) is 0 Å². The van der Waals surface area contributed by atoms with E-state index in [-0.39, 0.29) is 50.0 Å². The van der Waals surface area contributed by atoms with Crippen molar-refractivity contribution in [2.45, 2.75) is 209 Å². The van der Waals surface area contributed by atoms with Crippen molar-refractivity contribution in [2.24, 2.45) is 0 Å². The summed E-state index contributed by atoms with van der Waals surface area (Å²) in [6.07, 6.45) is 0. The smallest absolute Gasteiger partial charge is 0.252 e. The molecule has 0 fully saturated rings. The molecule has 0 aromatic heterocycles. The zero-order valence-electron chi connectivity index (χ0n) is 77.8. The van der Waals surface area contributed by atoms with Crippen LogP contribution in [0.5, 0.6) is 0 Å². The van der Waals surface area contributed by atoms with Crippen molar-refractivity contribution in [3.8, 4) is 0 Å². The van der Waals surface area contributed by atoms with Gasteiger partial charge in [-0.15, -0.1) is 0 Å². The predicted molar refractivity (Wildman–Crippen MR) is 540 cm³/mol. The van der Waals surface area contributed by atoms with E-state index in [4.69, 9.17) is 11.6 Å². The van der Waals surface area contributed by atoms with Crippen molar-refractivity contribution in [1.29, 1.82) is 0 Å². The maximum atomic E-state index is 8.08. The fraction of sp³-hybridized carbons (Fsp3) is 0.276. The highest BCUT2D eigenvalue weighted by atomic mass is 35.5. The highest BCUT2D eigenvalue weighted by Crippen LogP contribution is 2.54. The SMILES string of the molecule is CC(C)(C)c1ccc(N(c2ccc(C(C)(C)C)cc2)c2cc(N(c3ccccc3)c3ccccc3)cc(N(c3ccc(C(C)(C)C)cc3)c3ccc(C(C)(C)C)cc3)c2Cl)cc1.CC(C)(C)c1ccc(N2c3ccc(C(C)(C)C)cc3B3c4cc(C(C)(C)C)ccc4N(c4ccc(C(C)(C)C)cc4)c4cc(N(c5ccccc5)c5ccccc5)cc2c43)cc1. The van der Waals surface area contributed by atoms with Crippen LogP contribution in [0.1, 0.15) is 211 Å². The van der Waals surface area contributed by atoms with Gasteiger partial charge in [0.2, 0.25) is 0 Å². The average molecular weight is 1650 g/mol. The number of anilines is 18. The average Bonchev–Trinajstić information content (AvgIpc) is 0.690. The van der Waals surface area contributed by atoms with Crippen molar-refractivity contribution < 1.29 is 0 Å². The molecule has 2 heterocycles. The molecule has 0 amide bonds. The lowest BCUT2D eigenvalue weighted by atomic mass is 9.33. The fourth-order valence-corrected chi connectivity index (χ4v) is 17.6. The highest BCUT2D eigenvalue weighted by Gasteiger charge is 2.46. The second kappa shape index (κ2) is 33.4. The molecular formula is C116H126BClN6. The third kappa shape index (κ3) is 18.0. The Balaban J connectivity index is 0.000000192. The summed E-state index contributed by atoms with van der Waals surface area (Å²) in [5.74, 6) is 0. The number of halogens is 1. The first-order chi connectivity index (χ1) is 58.5. The van der Waals surface area contributed by atoms with Gasteiger partial charge >= 0.3 is 0 Å². The summed E-state index contributed by atoms with van der Waals surface area (Å²) < 4.78 is 0. The second-order valence-corrected chi connectivity index (χ2v) is 42.7. The minimum Gasteiger partial charge on any atom is -0.311 e. The largest absolute Gasteiger partial charge is 0.311 e. The molecule has 0 saturated heterocycles. The number of rotatable bonds is 14. The Kier molecular flexibility index (Phi) is 23.5. The summed E-state index contributed by atoms with van der Waals surface area (Å²) in [6, 6.07) is 121. The zero-order valence-corrected chi connectivity index (χ0v) is 78.6. The molecule has 124 heavy (non-hydrogen) atoms. The maximum absolute atomic E-state index is 8.08. The van der Waals surface area contributed by atoms with Crippen LogP contribution in [0.4, 0.5) is 102 Å². The van der Waals surface area contributed by atoms with Gasteiger partial charge in [-0.05, 0) is 262 Å². The lowest BCUT2D eigenvalue weighted by Gasteiger charge is -2.45. The van der Waals surface area contributed by atoms with Crippen molar-refractivity contribution in [1.82, 2.24) is 0 Å². The summed E-state index contributed by atoms with van der Waals surface area (Å²) in [5.41, 5.74) is 33.8. The van der Waals surface area contributed by atoms with Gasteiger partial charge in [0.15, 0.2) is 0 Å². The molecule has 0 N–H and O–H groups in total. The second-order valence-electron chi connectivity index (χ2n) is 42.3. The molecule has 8 heteroatoms. The van der Waals surface area contributed by atoms with Crippen LogP contribution in [0.15, 0.2) is 328 Å². The van der Waals surface area contributed by atoms with E-state index in [1.54, 1.807) is 0 Å². The van der Waals surface area contributed by atoms with E-state index in [9.17, 15) is 0 Å². The number of fused-ring (bicyclic) bond motifs is 4. The molecule has 14 aromatic carbocycles. The molecule has 0 unspecified atom stereocenters. The molecule has 0 saturated carbocycles. The minimum absolute atomic E-state index is 0.000104. The molecule has 0 bridgehead atoms. The Morgan fingerprint density at radius 3 is 0.645 bits per heavy atom. The Bertz CT molecular complexity index is 5530. The molecule has 0 aliphatic carbocycles. The normalized spacial score (nSPS) is 13.0. The number of para-hydroxylation sites is 4. The Hall–Kier alpha value is -11.8. The van der Waals surface area contributed by atoms with Gasteiger partial charge < -0.3 is 29.4 Å². The molecule has 14 aromatic rings. The van der Waals surface area contributed by atoms with E-state index in [0.717, 1.165) is 79.6 Å². The Morgan fingerprint density at radius 2 is 0.411 bits per heavy atom. The predicted octanol–water partition coefficient (Wildman–Crippen LogP) is 32.4. The Labute approximate surface area is 748 Å². The molecule has 2 aliphatic heterocycles. The van der Waals surface area contributed by atoms with Crippen LogP contribution in [0.3, 0.4) is 0 Å². The number of benzene rings is 14. The van der Waals surface area contributed by atoms with Crippen LogP contribution in [0.2, 0.25) is 5.02 Å². The maximum Gasteiger partial charge on any atom is 0.252 e. The first kappa shape index (κ1) is 87.1. The molecule has 0 atom stereocenters.